The average molecular weight is 1810 g/mol. The Morgan fingerprint density at radius 3 is 1.25 bits per heavy atom. The summed E-state index contributed by atoms with van der Waals surface area (Å²) in [6.45, 7) is -0.476. The van der Waals surface area contributed by atoms with Crippen LogP contribution in [0.2, 0.25) is 0 Å². The lowest BCUT2D eigenvalue weighted by Crippen LogP contribution is -2.46. The minimum atomic E-state index is -5.98. The first-order valence-corrected chi connectivity index (χ1v) is 46.5. The highest BCUT2D eigenvalue weighted by atomic mass is 31.3. The summed E-state index contributed by atoms with van der Waals surface area (Å²) in [7, 11) is -35.6. The van der Waals surface area contributed by atoms with Crippen LogP contribution in [0.25, 0.3) is 22.3 Å². The van der Waals surface area contributed by atoms with Crippen LogP contribution >= 0.6 is 46.9 Å². The molecule has 2 aliphatic heterocycles. The largest absolute Gasteiger partial charge is 0.790 e. The fourth-order valence-corrected chi connectivity index (χ4v) is 19.0. The number of unbranched alkanes of at least 4 members (excludes halogenated alkanes) is 2. The van der Waals surface area contributed by atoms with Crippen LogP contribution in [0.4, 0.5) is 11.6 Å². The van der Waals surface area contributed by atoms with Gasteiger partial charge in [-0.1, -0.05) is 64.8 Å². The van der Waals surface area contributed by atoms with E-state index in [2.05, 4.69) is 105 Å². The number of aliphatic hydroxyl groups excluding tert-OH is 4. The van der Waals surface area contributed by atoms with Gasteiger partial charge >= 0.3 is 0 Å². The molecule has 2 saturated heterocycles. The number of nitrogens with two attached hydrogens (primary N) is 2. The number of nitrogens with one attached hydrogen (secondary N) is 4. The van der Waals surface area contributed by atoms with Gasteiger partial charge in [0.15, 0.2) is 35.4 Å². The zero-order valence-corrected chi connectivity index (χ0v) is 70.6. The number of aryl methyl sites for hydroxylation is 2. The molecule has 54 heteroatoms. The number of carbonyl (C=O) groups excluding carboxylic acids is 6. The number of ether oxygens (including phenoxy) is 2. The van der Waals surface area contributed by atoms with Gasteiger partial charge in [-0.25, -0.2) is 38.5 Å². The number of fused-ring (bicyclic) bond motifs is 2. The third kappa shape index (κ3) is 28.9. The quantitative estimate of drug-likeness (QED) is 0.0138. The van der Waals surface area contributed by atoms with Gasteiger partial charge < -0.3 is 138 Å². The fraction of sp³-hybridized carbons (Fsp3) is 0.667. The standard InChI is InChI=1S/C66H102N14O34P6/c1-63(2,33-107-119(101,102)113-117(97,98)105-31-43-51(111-115(91,92)93)49(85)61(109-43)79-37-77-47-55(67)73-35-75-57(47)79)53(87)59(89)71-26-16-45(83)69-24-14-41(81)29-65(20-21-65)18-7-5-10-39-12-9-13-40(28-39)11-6-8-19-66(22-23-66)30-42(82)15-25-70-46(84)17-27-72-60(90)54(88)64(3,4)34-108-120(103,104)114-118(99,100)106-32-44-52(112-116(94,95)96)50(86)62(110-44)80-38-78-48-56(68)74-36-76-58(48)80/h9,12-13,28,35-38,43-44,49-54,61-62,85-88H,5-8,10-11,14-27,29-34H2,1-4H3,(H,69,83)(H,70,84)(H,71,89)(H,72,90)(H,97,98)(H,99,100)(H,101,102)(H,103,104)(H2,67,73,75)(H2,68,74,76)(H2,91,92,93)(H2,94,95,96)/p-8. The van der Waals surface area contributed by atoms with E-state index in [0.29, 0.717) is 12.8 Å². The lowest BCUT2D eigenvalue weighted by molar-refractivity contribution is -0.348. The number of nitrogen functional groups attached to an aromatic ring is 2. The van der Waals surface area contributed by atoms with Crippen LogP contribution in [0.1, 0.15) is 154 Å². The minimum absolute atomic E-state index is 0.0125. The van der Waals surface area contributed by atoms with E-state index < -0.39 is 169 Å². The number of amides is 4. The molecular weight excluding hydrogens is 1720 g/mol. The van der Waals surface area contributed by atoms with Crippen LogP contribution in [0.5, 0.6) is 0 Å². The van der Waals surface area contributed by atoms with Crippen LogP contribution in [-0.4, -0.2) is 196 Å². The molecule has 0 radical (unpaired) electrons. The molecule has 14 unspecified atom stereocenters. The number of phosphoric acid groups is 6. The van der Waals surface area contributed by atoms with E-state index in [1.54, 1.807) is 0 Å². The molecule has 120 heavy (non-hydrogen) atoms. The second kappa shape index (κ2) is 40.7. The number of nitrogens with zero attached hydrogens (tertiary/aromatic N) is 8. The number of carbonyl (C=O) groups is 6. The molecule has 6 heterocycles. The first kappa shape index (κ1) is 97.4. The Morgan fingerprint density at radius 2 is 0.892 bits per heavy atom. The van der Waals surface area contributed by atoms with Crippen LogP contribution < -0.4 is 71.9 Å². The molecule has 4 fully saturated rings. The number of hydrogen-bond donors (Lipinski definition) is 10. The van der Waals surface area contributed by atoms with Crippen LogP contribution in [0, 0.1) is 21.7 Å². The van der Waals surface area contributed by atoms with E-state index in [4.69, 9.17) is 20.9 Å². The molecule has 670 valence electrons. The highest BCUT2D eigenvalue weighted by Gasteiger charge is 2.50. The highest BCUT2D eigenvalue weighted by Crippen LogP contribution is 2.59. The molecule has 4 amide bonds. The maximum absolute atomic E-state index is 13.1. The highest BCUT2D eigenvalue weighted by molar-refractivity contribution is 7.60. The van der Waals surface area contributed by atoms with Crippen LogP contribution in [0.3, 0.4) is 0 Å². The van der Waals surface area contributed by atoms with Gasteiger partial charge in [-0.3, -0.25) is 56.2 Å². The first-order valence-electron chi connectivity index (χ1n) is 37.7. The number of ketones is 2. The predicted octanol–water partition coefficient (Wildman–Crippen LogP) is -2.85. The molecule has 0 spiro atoms. The summed E-state index contributed by atoms with van der Waals surface area (Å²) in [5.41, 5.74) is 10.2. The molecular formula is C66H94N14O34P6-8. The maximum atomic E-state index is 13.1. The van der Waals surface area contributed by atoms with E-state index in [0.717, 1.165) is 111 Å². The third-order valence-corrected chi connectivity index (χ3v) is 26.5. The minimum Gasteiger partial charge on any atom is -0.790 e. The third-order valence-electron chi connectivity index (χ3n) is 20.5. The summed E-state index contributed by atoms with van der Waals surface area (Å²) in [6, 6.07) is 8.41. The normalized spacial score (nSPS) is 22.9. The Labute approximate surface area is 685 Å². The van der Waals surface area contributed by atoms with Crippen molar-refractivity contribution in [3.05, 3.63) is 60.7 Å². The SMILES string of the molecule is CC(C)(COP(=O)([O-])OP(=O)([O-])OCC1OC(n2cnc3c(N)ncnc32)C(O)C1OP(=O)([O-])[O-])C(O)C(=O)NCCC(=O)NCCC(=O)CC1(CCCCc2cccc(CCCCC3(CC(=O)CCNC(=O)CCNC(=O)C(O)C(C)(C)COP(=O)([O-])OP(=O)([O-])OCC4OC(n5cnc6c(N)ncnc65)C(O)C4OP(=O)([O-])[O-])CC3)c2)CC1. The van der Waals surface area contributed by atoms with Crippen molar-refractivity contribution < 1.29 is 161 Å². The summed E-state index contributed by atoms with van der Waals surface area (Å²) in [4.78, 5) is 198. The zero-order valence-electron chi connectivity index (χ0n) is 65.2. The van der Waals surface area contributed by atoms with Crippen LogP contribution in [-0.2, 0) is 114 Å². The van der Waals surface area contributed by atoms with E-state index in [1.165, 1.54) is 38.8 Å². The molecule has 2 aliphatic carbocycles. The van der Waals surface area contributed by atoms with Gasteiger partial charge in [0.05, 0.1) is 54.7 Å². The lowest BCUT2D eigenvalue weighted by atomic mass is 9.87. The van der Waals surface area contributed by atoms with Gasteiger partial charge in [0, 0.05) is 75.5 Å². The molecule has 12 N–H and O–H groups in total. The van der Waals surface area contributed by atoms with E-state index >= 15 is 0 Å². The van der Waals surface area contributed by atoms with Gasteiger partial charge in [-0.15, -0.1) is 0 Å². The van der Waals surface area contributed by atoms with Gasteiger partial charge in [-0.05, 0) is 86.2 Å². The molecule has 5 aromatic rings. The number of aliphatic hydroxyl groups is 4. The number of benzene rings is 1. The topological polar surface area (TPSA) is 750 Å². The summed E-state index contributed by atoms with van der Waals surface area (Å²) >= 11 is 0. The molecule has 4 aliphatic rings. The van der Waals surface area contributed by atoms with Crippen molar-refractivity contribution in [1.29, 1.82) is 0 Å². The maximum Gasteiger partial charge on any atom is 0.274 e. The van der Waals surface area contributed by atoms with Crippen molar-refractivity contribution in [2.75, 3.05) is 64.1 Å². The van der Waals surface area contributed by atoms with Crippen molar-refractivity contribution >= 4 is 116 Å². The summed E-state index contributed by atoms with van der Waals surface area (Å²) in [5, 5.41) is 53.3. The van der Waals surface area contributed by atoms with Gasteiger partial charge in [0.1, 0.15) is 84.1 Å². The van der Waals surface area contributed by atoms with Crippen molar-refractivity contribution in [2.45, 2.75) is 205 Å². The first-order chi connectivity index (χ1) is 56.0. The molecule has 14 atom stereocenters. The lowest BCUT2D eigenvalue weighted by Gasteiger charge is -2.36. The Hall–Kier alpha value is -6.36. The van der Waals surface area contributed by atoms with Crippen molar-refractivity contribution in [2.24, 2.45) is 21.7 Å². The Bertz CT molecular complexity index is 4470. The summed E-state index contributed by atoms with van der Waals surface area (Å²) in [5.74, 6) is -3.39. The number of Topliss-reactive ketones (excluding diaryl/α,β-unsaturated/α-hetero) is 2. The molecule has 2 saturated carbocycles. The molecule has 0 bridgehead atoms. The van der Waals surface area contributed by atoms with Gasteiger partial charge in [0.25, 0.3) is 31.3 Å². The molecule has 1 aromatic carbocycles. The fourth-order valence-electron chi connectivity index (χ4n) is 13.5. The second-order valence-electron chi connectivity index (χ2n) is 31.1. The van der Waals surface area contributed by atoms with Crippen molar-refractivity contribution in [3.63, 3.8) is 0 Å². The van der Waals surface area contributed by atoms with E-state index in [9.17, 15) is 116 Å². The van der Waals surface area contributed by atoms with E-state index in [1.807, 2.05) is 6.07 Å². The zero-order chi connectivity index (χ0) is 88.2. The number of hydrogen-bond acceptors (Lipinski definition) is 42. The van der Waals surface area contributed by atoms with Crippen LogP contribution in [0.15, 0.2) is 49.6 Å². The number of imidazole rings is 2. The predicted molar refractivity (Wildman–Crippen MR) is 395 cm³/mol. The average Bonchev–Trinajstić information content (AvgIpc) is 1.60. The monoisotopic (exact) mass is 1810 g/mol. The Kier molecular flexibility index (Phi) is 33.1. The van der Waals surface area contributed by atoms with Crippen molar-refractivity contribution in [1.82, 2.24) is 60.3 Å². The molecule has 48 nitrogen and oxygen atoms in total. The summed E-state index contributed by atoms with van der Waals surface area (Å²) < 4.78 is 123. The smallest absolute Gasteiger partial charge is 0.274 e. The van der Waals surface area contributed by atoms with Gasteiger partial charge in [-0.2, -0.15) is 0 Å². The van der Waals surface area contributed by atoms with Crippen molar-refractivity contribution in [3.8, 4) is 0 Å². The Balaban J connectivity index is 0.575. The van der Waals surface area contributed by atoms with Gasteiger partial charge in [0.2, 0.25) is 23.6 Å². The molecule has 9 rings (SSSR count). The summed E-state index contributed by atoms with van der Waals surface area (Å²) in [6.07, 6.45) is -4.14. The number of rotatable bonds is 52. The Morgan fingerprint density at radius 1 is 0.533 bits per heavy atom. The number of aromatic nitrogens is 8. The molecule has 4 aromatic heterocycles. The number of phosphoric ester groups is 6. The second-order valence-corrected chi connectivity index (χ2v) is 39.3. The number of anilines is 2. The van der Waals surface area contributed by atoms with E-state index in [-0.39, 0.29) is 108 Å².